The third-order valence-corrected chi connectivity index (χ3v) is 3.68. The molecule has 1 aliphatic heterocycles. The van der Waals surface area contributed by atoms with E-state index in [9.17, 15) is 5.11 Å². The van der Waals surface area contributed by atoms with Crippen LogP contribution in [-0.4, -0.2) is 58.8 Å². The number of hydrogen-bond acceptors (Lipinski definition) is 7. The zero-order valence-corrected chi connectivity index (χ0v) is 11.8. The Bertz CT molecular complexity index is 632. The zero-order valence-electron chi connectivity index (χ0n) is 11.8. The summed E-state index contributed by atoms with van der Waals surface area (Å²) in [5.74, 6) is 0. The Morgan fingerprint density at radius 3 is 2.95 bits per heavy atom. The third kappa shape index (κ3) is 2.26. The predicted molar refractivity (Wildman–Crippen MR) is 74.5 cm³/mol. The number of nitrogens with two attached hydrogens (primary N) is 1. The van der Waals surface area contributed by atoms with Crippen LogP contribution in [0.3, 0.4) is 0 Å². The van der Waals surface area contributed by atoms with Crippen LogP contribution in [0.2, 0.25) is 0 Å². The lowest BCUT2D eigenvalue weighted by Crippen LogP contribution is -2.35. The number of fused-ring (bicyclic) bond motifs is 1. The van der Waals surface area contributed by atoms with Crippen molar-refractivity contribution in [3.05, 3.63) is 18.6 Å². The fourth-order valence-corrected chi connectivity index (χ4v) is 2.68. The van der Waals surface area contributed by atoms with E-state index in [1.165, 1.54) is 7.11 Å². The molecule has 1 fully saturated rings. The number of aliphatic hydroxyl groups excluding tert-OH is 1. The van der Waals surface area contributed by atoms with E-state index in [0.29, 0.717) is 23.5 Å². The van der Waals surface area contributed by atoms with E-state index < -0.39 is 18.4 Å². The first-order valence-electron chi connectivity index (χ1n) is 6.59. The molecule has 0 bridgehead atoms. The van der Waals surface area contributed by atoms with Crippen molar-refractivity contribution in [2.75, 3.05) is 26.6 Å². The van der Waals surface area contributed by atoms with Crippen LogP contribution in [0, 0.1) is 0 Å². The number of hydrogen-bond donors (Lipinski definition) is 2. The SMILES string of the molecule is COC[C@H]1O[C@@H](n2cnc3c(N)ccnc32)C(O)C1OC. The maximum atomic E-state index is 10.4. The average molecular weight is 294 g/mol. The lowest BCUT2D eigenvalue weighted by atomic mass is 10.1. The summed E-state index contributed by atoms with van der Waals surface area (Å²) in [5, 5.41) is 10.4. The monoisotopic (exact) mass is 294 g/mol. The first kappa shape index (κ1) is 14.2. The minimum absolute atomic E-state index is 0.328. The van der Waals surface area contributed by atoms with Gasteiger partial charge in [0.05, 0.1) is 18.6 Å². The summed E-state index contributed by atoms with van der Waals surface area (Å²) in [7, 11) is 3.11. The van der Waals surface area contributed by atoms with Gasteiger partial charge in [-0.1, -0.05) is 0 Å². The molecule has 0 spiro atoms. The fraction of sp³-hybridized carbons (Fsp3) is 0.538. The summed E-state index contributed by atoms with van der Waals surface area (Å²) in [6.45, 7) is 0.328. The second kappa shape index (κ2) is 5.57. The average Bonchev–Trinajstić information content (AvgIpc) is 3.02. The molecule has 2 aromatic rings. The van der Waals surface area contributed by atoms with Gasteiger partial charge in [-0.15, -0.1) is 0 Å². The minimum Gasteiger partial charge on any atom is -0.397 e. The lowest BCUT2D eigenvalue weighted by Gasteiger charge is -2.18. The highest BCUT2D eigenvalue weighted by atomic mass is 16.6. The summed E-state index contributed by atoms with van der Waals surface area (Å²) >= 11 is 0. The molecule has 0 amide bonds. The Hall–Kier alpha value is -1.74. The quantitative estimate of drug-likeness (QED) is 0.813. The van der Waals surface area contributed by atoms with E-state index >= 15 is 0 Å². The summed E-state index contributed by atoms with van der Waals surface area (Å²) in [4.78, 5) is 8.49. The molecule has 114 valence electrons. The maximum Gasteiger partial charge on any atom is 0.165 e. The van der Waals surface area contributed by atoms with Crippen molar-refractivity contribution in [1.82, 2.24) is 14.5 Å². The molecule has 8 heteroatoms. The Balaban J connectivity index is 1.97. The number of aliphatic hydroxyl groups is 1. The molecule has 1 aliphatic rings. The number of nitrogen functional groups attached to an aromatic ring is 1. The molecule has 1 saturated heterocycles. The van der Waals surface area contributed by atoms with Gasteiger partial charge in [0, 0.05) is 20.4 Å². The van der Waals surface area contributed by atoms with E-state index in [0.717, 1.165) is 0 Å². The summed E-state index contributed by atoms with van der Waals surface area (Å²) in [6.07, 6.45) is 0.818. The number of pyridine rings is 1. The molecule has 8 nitrogen and oxygen atoms in total. The van der Waals surface area contributed by atoms with Crippen molar-refractivity contribution in [2.45, 2.75) is 24.5 Å². The second-order valence-electron chi connectivity index (χ2n) is 4.94. The van der Waals surface area contributed by atoms with Crippen LogP contribution < -0.4 is 5.73 Å². The topological polar surface area (TPSA) is 105 Å². The molecule has 2 unspecified atom stereocenters. The molecule has 21 heavy (non-hydrogen) atoms. The van der Waals surface area contributed by atoms with Gasteiger partial charge in [0.2, 0.25) is 0 Å². The molecule has 0 aliphatic carbocycles. The highest BCUT2D eigenvalue weighted by molar-refractivity contribution is 5.83. The van der Waals surface area contributed by atoms with Gasteiger partial charge >= 0.3 is 0 Å². The summed E-state index contributed by atoms with van der Waals surface area (Å²) in [5.41, 5.74) is 7.54. The number of methoxy groups -OCH3 is 2. The van der Waals surface area contributed by atoms with Crippen molar-refractivity contribution < 1.29 is 19.3 Å². The Morgan fingerprint density at radius 1 is 1.43 bits per heavy atom. The van der Waals surface area contributed by atoms with Crippen molar-refractivity contribution in [2.24, 2.45) is 0 Å². The number of rotatable bonds is 4. The molecular weight excluding hydrogens is 276 g/mol. The Morgan fingerprint density at radius 2 is 2.24 bits per heavy atom. The van der Waals surface area contributed by atoms with E-state index in [2.05, 4.69) is 9.97 Å². The van der Waals surface area contributed by atoms with Gasteiger partial charge in [-0.25, -0.2) is 9.97 Å². The van der Waals surface area contributed by atoms with Crippen LogP contribution in [-0.2, 0) is 14.2 Å². The van der Waals surface area contributed by atoms with E-state index in [1.807, 2.05) is 0 Å². The molecule has 3 rings (SSSR count). The first-order valence-corrected chi connectivity index (χ1v) is 6.59. The molecule has 3 N–H and O–H groups in total. The van der Waals surface area contributed by atoms with Crippen molar-refractivity contribution in [3.8, 4) is 0 Å². The molecule has 0 saturated carbocycles. The molecule has 0 radical (unpaired) electrons. The predicted octanol–water partition coefficient (Wildman–Crippen LogP) is -0.0668. The normalized spacial score (nSPS) is 29.3. The van der Waals surface area contributed by atoms with Crippen LogP contribution in [0.15, 0.2) is 18.6 Å². The molecule has 2 aromatic heterocycles. The van der Waals surface area contributed by atoms with Crippen LogP contribution in [0.1, 0.15) is 6.23 Å². The van der Waals surface area contributed by atoms with Crippen molar-refractivity contribution >= 4 is 16.9 Å². The van der Waals surface area contributed by atoms with Gasteiger partial charge in [0.1, 0.15) is 23.8 Å². The lowest BCUT2D eigenvalue weighted by molar-refractivity contribution is -0.0612. The van der Waals surface area contributed by atoms with Gasteiger partial charge < -0.3 is 25.1 Å². The van der Waals surface area contributed by atoms with Crippen LogP contribution in [0.25, 0.3) is 11.2 Å². The smallest absolute Gasteiger partial charge is 0.165 e. The van der Waals surface area contributed by atoms with E-state index in [4.69, 9.17) is 19.9 Å². The van der Waals surface area contributed by atoms with E-state index in [1.54, 1.807) is 30.3 Å². The van der Waals surface area contributed by atoms with Crippen LogP contribution in [0.4, 0.5) is 5.69 Å². The van der Waals surface area contributed by atoms with Gasteiger partial charge in [-0.3, -0.25) is 4.57 Å². The first-order chi connectivity index (χ1) is 10.2. The maximum absolute atomic E-state index is 10.4. The largest absolute Gasteiger partial charge is 0.397 e. The highest BCUT2D eigenvalue weighted by Gasteiger charge is 2.45. The van der Waals surface area contributed by atoms with Crippen LogP contribution in [0.5, 0.6) is 0 Å². The number of imidazole rings is 1. The molecular formula is C13H18N4O4. The number of nitrogens with zero attached hydrogens (tertiary/aromatic N) is 3. The van der Waals surface area contributed by atoms with Crippen LogP contribution >= 0.6 is 0 Å². The van der Waals surface area contributed by atoms with Gasteiger partial charge in [0.25, 0.3) is 0 Å². The Labute approximate surface area is 121 Å². The number of aromatic nitrogens is 3. The zero-order chi connectivity index (χ0) is 15.0. The highest BCUT2D eigenvalue weighted by Crippen LogP contribution is 2.33. The van der Waals surface area contributed by atoms with Crippen molar-refractivity contribution in [3.63, 3.8) is 0 Å². The number of anilines is 1. The molecule has 4 atom stereocenters. The summed E-state index contributed by atoms with van der Waals surface area (Å²) in [6, 6.07) is 1.68. The third-order valence-electron chi connectivity index (χ3n) is 3.68. The molecule has 0 aromatic carbocycles. The number of ether oxygens (including phenoxy) is 3. The van der Waals surface area contributed by atoms with Gasteiger partial charge in [-0.05, 0) is 6.07 Å². The molecule has 3 heterocycles. The van der Waals surface area contributed by atoms with Gasteiger partial charge in [0.15, 0.2) is 11.9 Å². The van der Waals surface area contributed by atoms with Crippen molar-refractivity contribution in [1.29, 1.82) is 0 Å². The van der Waals surface area contributed by atoms with Gasteiger partial charge in [-0.2, -0.15) is 0 Å². The minimum atomic E-state index is -0.851. The Kier molecular flexibility index (Phi) is 3.77. The summed E-state index contributed by atoms with van der Waals surface area (Å²) < 4.78 is 17.9. The second-order valence-corrected chi connectivity index (χ2v) is 4.94. The fourth-order valence-electron chi connectivity index (χ4n) is 2.68. The standard InChI is InChI=1S/C13H18N4O4/c1-19-5-8-11(20-2)10(18)13(21-8)17-6-16-9-7(14)3-4-15-12(9)17/h3-4,6,8,10-11,13,18H,5H2,1-2H3,(H2,14,15)/t8-,10?,11?,13-/m1/s1. The van der Waals surface area contributed by atoms with E-state index in [-0.39, 0.29) is 6.10 Å².